The van der Waals surface area contributed by atoms with Gasteiger partial charge in [0.25, 0.3) is 0 Å². The Balaban J connectivity index is 2.43. The van der Waals surface area contributed by atoms with Crippen molar-refractivity contribution in [2.24, 2.45) is 0 Å². The summed E-state index contributed by atoms with van der Waals surface area (Å²) in [5, 5.41) is 11.9. The van der Waals surface area contributed by atoms with E-state index in [0.717, 1.165) is 5.56 Å². The molecule has 0 fully saturated rings. The second kappa shape index (κ2) is 6.48. The van der Waals surface area contributed by atoms with Gasteiger partial charge >= 0.3 is 5.97 Å². The summed E-state index contributed by atoms with van der Waals surface area (Å²) < 4.78 is 0. The van der Waals surface area contributed by atoms with Crippen LogP contribution in [0.25, 0.3) is 0 Å². The SMILES string of the molecule is O=C(O)C(CCS)NCc1ccccc1. The molecule has 1 unspecified atom stereocenters. The van der Waals surface area contributed by atoms with Gasteiger partial charge in [-0.15, -0.1) is 0 Å². The monoisotopic (exact) mass is 225 g/mol. The Hall–Kier alpha value is -1.00. The van der Waals surface area contributed by atoms with Crippen molar-refractivity contribution in [3.05, 3.63) is 35.9 Å². The number of rotatable bonds is 6. The number of carbonyl (C=O) groups is 1. The molecule has 1 atom stereocenters. The van der Waals surface area contributed by atoms with Gasteiger partial charge in [0.05, 0.1) is 0 Å². The maximum Gasteiger partial charge on any atom is 0.320 e. The van der Waals surface area contributed by atoms with Crippen LogP contribution in [0.5, 0.6) is 0 Å². The highest BCUT2D eigenvalue weighted by atomic mass is 32.1. The van der Waals surface area contributed by atoms with Crippen molar-refractivity contribution in [2.75, 3.05) is 5.75 Å². The fourth-order valence-electron chi connectivity index (χ4n) is 1.28. The van der Waals surface area contributed by atoms with Gasteiger partial charge in [-0.2, -0.15) is 12.6 Å². The van der Waals surface area contributed by atoms with Crippen LogP contribution in [0.2, 0.25) is 0 Å². The maximum absolute atomic E-state index is 10.8. The summed E-state index contributed by atoms with van der Waals surface area (Å²) in [7, 11) is 0. The topological polar surface area (TPSA) is 49.3 Å². The first-order valence-electron chi connectivity index (χ1n) is 4.85. The number of carboxylic acid groups (broad SMARTS) is 1. The van der Waals surface area contributed by atoms with Crippen molar-refractivity contribution >= 4 is 18.6 Å². The zero-order valence-electron chi connectivity index (χ0n) is 8.39. The van der Waals surface area contributed by atoms with Gasteiger partial charge in [0.2, 0.25) is 0 Å². The van der Waals surface area contributed by atoms with Crippen LogP contribution < -0.4 is 5.32 Å². The average molecular weight is 225 g/mol. The van der Waals surface area contributed by atoms with Crippen LogP contribution in [0.15, 0.2) is 30.3 Å². The molecular formula is C11H15NO2S. The Morgan fingerprint density at radius 1 is 1.40 bits per heavy atom. The lowest BCUT2D eigenvalue weighted by Gasteiger charge is -2.12. The van der Waals surface area contributed by atoms with E-state index in [9.17, 15) is 4.79 Å². The van der Waals surface area contributed by atoms with Crippen molar-refractivity contribution in [1.82, 2.24) is 5.32 Å². The summed E-state index contributed by atoms with van der Waals surface area (Å²) in [4.78, 5) is 10.8. The van der Waals surface area contributed by atoms with Crippen molar-refractivity contribution in [3.8, 4) is 0 Å². The molecule has 0 saturated heterocycles. The van der Waals surface area contributed by atoms with Crippen molar-refractivity contribution < 1.29 is 9.90 Å². The number of nitrogens with one attached hydrogen (secondary N) is 1. The zero-order chi connectivity index (χ0) is 11.1. The molecule has 0 aliphatic heterocycles. The largest absolute Gasteiger partial charge is 0.480 e. The maximum atomic E-state index is 10.8. The van der Waals surface area contributed by atoms with E-state index in [2.05, 4.69) is 17.9 Å². The summed E-state index contributed by atoms with van der Waals surface area (Å²) >= 11 is 4.03. The molecule has 82 valence electrons. The predicted molar refractivity (Wildman–Crippen MR) is 63.2 cm³/mol. The molecule has 0 aromatic heterocycles. The highest BCUT2D eigenvalue weighted by Crippen LogP contribution is 2.00. The van der Waals surface area contributed by atoms with Gasteiger partial charge in [-0.05, 0) is 17.7 Å². The zero-order valence-corrected chi connectivity index (χ0v) is 9.28. The van der Waals surface area contributed by atoms with Crippen molar-refractivity contribution in [1.29, 1.82) is 0 Å². The molecule has 0 saturated carbocycles. The minimum Gasteiger partial charge on any atom is -0.480 e. The second-order valence-electron chi connectivity index (χ2n) is 3.27. The number of hydrogen-bond acceptors (Lipinski definition) is 3. The van der Waals surface area contributed by atoms with Crippen LogP contribution in [0, 0.1) is 0 Å². The van der Waals surface area contributed by atoms with E-state index in [0.29, 0.717) is 18.7 Å². The highest BCUT2D eigenvalue weighted by Gasteiger charge is 2.14. The predicted octanol–water partition coefficient (Wildman–Crippen LogP) is 1.55. The molecule has 3 nitrogen and oxygen atoms in total. The fourth-order valence-corrected chi connectivity index (χ4v) is 1.54. The number of benzene rings is 1. The van der Waals surface area contributed by atoms with Crippen LogP contribution in [0.4, 0.5) is 0 Å². The minimum absolute atomic E-state index is 0.511. The van der Waals surface area contributed by atoms with E-state index < -0.39 is 12.0 Å². The fraction of sp³-hybridized carbons (Fsp3) is 0.364. The molecule has 0 bridgehead atoms. The van der Waals surface area contributed by atoms with Crippen LogP contribution >= 0.6 is 12.6 Å². The van der Waals surface area contributed by atoms with E-state index in [1.807, 2.05) is 30.3 Å². The Bertz CT molecular complexity index is 303. The molecule has 0 aliphatic carbocycles. The molecule has 2 N–H and O–H groups in total. The van der Waals surface area contributed by atoms with Gasteiger partial charge < -0.3 is 10.4 Å². The van der Waals surface area contributed by atoms with Gasteiger partial charge in [0.1, 0.15) is 6.04 Å². The van der Waals surface area contributed by atoms with Gasteiger partial charge in [-0.3, -0.25) is 4.79 Å². The molecule has 4 heteroatoms. The Morgan fingerprint density at radius 3 is 2.60 bits per heavy atom. The first-order valence-corrected chi connectivity index (χ1v) is 5.48. The molecule has 15 heavy (non-hydrogen) atoms. The number of hydrogen-bond donors (Lipinski definition) is 3. The van der Waals surface area contributed by atoms with Gasteiger partial charge in [-0.25, -0.2) is 0 Å². The minimum atomic E-state index is -0.819. The molecule has 0 amide bonds. The first-order chi connectivity index (χ1) is 7.24. The summed E-state index contributed by atoms with van der Waals surface area (Å²) in [5.74, 6) is -0.251. The average Bonchev–Trinajstić information content (AvgIpc) is 2.25. The molecule has 1 aromatic rings. The third kappa shape index (κ3) is 4.36. The molecule has 0 aliphatic rings. The first kappa shape index (κ1) is 12.1. The molecule has 0 radical (unpaired) electrons. The standard InChI is InChI=1S/C11H15NO2S/c13-11(14)10(6-7-15)12-8-9-4-2-1-3-5-9/h1-5,10,12,15H,6-8H2,(H,13,14). The van der Waals surface area contributed by atoms with Gasteiger partial charge in [0, 0.05) is 6.54 Å². The molecule has 0 spiro atoms. The summed E-state index contributed by atoms with van der Waals surface area (Å²) in [6.45, 7) is 0.575. The molecule has 0 heterocycles. The summed E-state index contributed by atoms with van der Waals surface area (Å²) in [6.07, 6.45) is 0.533. The van der Waals surface area contributed by atoms with E-state index in [4.69, 9.17) is 5.11 Å². The Kier molecular flexibility index (Phi) is 5.21. The normalized spacial score (nSPS) is 12.3. The number of carboxylic acids is 1. The highest BCUT2D eigenvalue weighted by molar-refractivity contribution is 7.80. The van der Waals surface area contributed by atoms with Crippen LogP contribution in [-0.2, 0) is 11.3 Å². The van der Waals surface area contributed by atoms with Gasteiger partial charge in [-0.1, -0.05) is 30.3 Å². The smallest absolute Gasteiger partial charge is 0.320 e. The quantitative estimate of drug-likeness (QED) is 0.644. The molecular weight excluding hydrogens is 210 g/mol. The van der Waals surface area contributed by atoms with Gasteiger partial charge in [0.15, 0.2) is 0 Å². The van der Waals surface area contributed by atoms with Crippen molar-refractivity contribution in [3.63, 3.8) is 0 Å². The van der Waals surface area contributed by atoms with E-state index in [1.54, 1.807) is 0 Å². The lowest BCUT2D eigenvalue weighted by molar-refractivity contribution is -0.139. The lowest BCUT2D eigenvalue weighted by atomic mass is 10.2. The number of aliphatic carboxylic acids is 1. The summed E-state index contributed by atoms with van der Waals surface area (Å²) in [5.41, 5.74) is 1.09. The third-order valence-corrected chi connectivity index (χ3v) is 2.37. The van der Waals surface area contributed by atoms with Crippen LogP contribution in [0.3, 0.4) is 0 Å². The van der Waals surface area contributed by atoms with E-state index in [1.165, 1.54) is 0 Å². The Labute approximate surface area is 94.9 Å². The van der Waals surface area contributed by atoms with Crippen LogP contribution in [0.1, 0.15) is 12.0 Å². The molecule has 1 aromatic carbocycles. The van der Waals surface area contributed by atoms with Crippen molar-refractivity contribution in [2.45, 2.75) is 19.0 Å². The lowest BCUT2D eigenvalue weighted by Crippen LogP contribution is -2.36. The van der Waals surface area contributed by atoms with E-state index >= 15 is 0 Å². The van der Waals surface area contributed by atoms with E-state index in [-0.39, 0.29) is 0 Å². The van der Waals surface area contributed by atoms with Crippen LogP contribution in [-0.4, -0.2) is 22.9 Å². The Morgan fingerprint density at radius 2 is 2.07 bits per heavy atom. The second-order valence-corrected chi connectivity index (χ2v) is 3.72. The molecule has 1 rings (SSSR count). The number of thiol groups is 1. The third-order valence-electron chi connectivity index (χ3n) is 2.11. The summed E-state index contributed by atoms with van der Waals surface area (Å²) in [6, 6.07) is 9.23.